The van der Waals surface area contributed by atoms with Crippen molar-refractivity contribution >= 4 is 46.5 Å². The molecule has 0 spiro atoms. The lowest BCUT2D eigenvalue weighted by Crippen LogP contribution is -2.36. The highest BCUT2D eigenvalue weighted by Crippen LogP contribution is 2.34. The summed E-state index contributed by atoms with van der Waals surface area (Å²) in [5.41, 5.74) is 6.53. The monoisotopic (exact) mass is 432 g/mol. The number of hydrogen-bond acceptors (Lipinski definition) is 6. The van der Waals surface area contributed by atoms with Crippen molar-refractivity contribution in [2.45, 2.75) is 6.61 Å². The standard InChI is InChI=1S/C20H17ClN2O5S/c1-27-15-7-6-12(8-16(15)28-11-13-4-2-3-5-14(13)21)9-17-19(25)23(10-18(22)24)20(26)29-17/h2-9H,10-11H2,1H3,(H2,22,24)/b17-9-. The van der Waals surface area contributed by atoms with Gasteiger partial charge >= 0.3 is 0 Å². The summed E-state index contributed by atoms with van der Waals surface area (Å²) in [5, 5.41) is 0.0505. The number of nitrogens with zero attached hydrogens (tertiary/aromatic N) is 1. The van der Waals surface area contributed by atoms with Crippen molar-refractivity contribution in [3.63, 3.8) is 0 Å². The molecule has 0 bridgehead atoms. The average Bonchev–Trinajstić information content (AvgIpc) is 2.94. The van der Waals surface area contributed by atoms with Crippen LogP contribution in [0.1, 0.15) is 11.1 Å². The molecule has 150 valence electrons. The largest absolute Gasteiger partial charge is 0.493 e. The molecule has 0 saturated carbocycles. The fourth-order valence-electron chi connectivity index (χ4n) is 2.61. The number of thioether (sulfide) groups is 1. The van der Waals surface area contributed by atoms with E-state index in [4.69, 9.17) is 26.8 Å². The minimum Gasteiger partial charge on any atom is -0.493 e. The fraction of sp³-hybridized carbons (Fsp3) is 0.150. The average molecular weight is 433 g/mol. The van der Waals surface area contributed by atoms with Gasteiger partial charge in [-0.05, 0) is 41.6 Å². The van der Waals surface area contributed by atoms with Gasteiger partial charge in [0.2, 0.25) is 5.91 Å². The summed E-state index contributed by atoms with van der Waals surface area (Å²) in [6.07, 6.45) is 1.55. The number of carbonyl (C=O) groups excluding carboxylic acids is 3. The van der Waals surface area contributed by atoms with Crippen molar-refractivity contribution in [2.24, 2.45) is 5.73 Å². The lowest BCUT2D eigenvalue weighted by molar-refractivity contribution is -0.127. The van der Waals surface area contributed by atoms with Crippen LogP contribution in [-0.4, -0.2) is 35.6 Å². The van der Waals surface area contributed by atoms with Crippen LogP contribution in [0, 0.1) is 0 Å². The number of methoxy groups -OCH3 is 1. The molecule has 0 atom stereocenters. The number of benzene rings is 2. The minimum absolute atomic E-state index is 0.193. The van der Waals surface area contributed by atoms with Crippen molar-refractivity contribution in [3.05, 3.63) is 63.5 Å². The Morgan fingerprint density at radius 1 is 1.21 bits per heavy atom. The summed E-state index contributed by atoms with van der Waals surface area (Å²) in [6.45, 7) is -0.217. The predicted molar refractivity (Wildman–Crippen MR) is 111 cm³/mol. The van der Waals surface area contributed by atoms with Crippen LogP contribution >= 0.6 is 23.4 Å². The van der Waals surface area contributed by atoms with E-state index in [1.54, 1.807) is 30.3 Å². The molecule has 29 heavy (non-hydrogen) atoms. The van der Waals surface area contributed by atoms with E-state index in [0.717, 1.165) is 22.2 Å². The van der Waals surface area contributed by atoms with E-state index >= 15 is 0 Å². The van der Waals surface area contributed by atoms with E-state index in [1.165, 1.54) is 7.11 Å². The van der Waals surface area contributed by atoms with Gasteiger partial charge in [-0.3, -0.25) is 19.3 Å². The molecular weight excluding hydrogens is 416 g/mol. The third kappa shape index (κ3) is 4.90. The Kier molecular flexibility index (Phi) is 6.46. The van der Waals surface area contributed by atoms with Crippen molar-refractivity contribution in [1.82, 2.24) is 4.90 Å². The topological polar surface area (TPSA) is 98.9 Å². The van der Waals surface area contributed by atoms with Crippen LogP contribution < -0.4 is 15.2 Å². The molecule has 3 rings (SSSR count). The maximum atomic E-state index is 12.3. The van der Waals surface area contributed by atoms with Crippen LogP contribution in [0.2, 0.25) is 5.02 Å². The van der Waals surface area contributed by atoms with E-state index in [2.05, 4.69) is 0 Å². The Labute approximate surface area is 176 Å². The van der Waals surface area contributed by atoms with Crippen LogP contribution in [0.5, 0.6) is 11.5 Å². The molecule has 2 aromatic rings. The maximum Gasteiger partial charge on any atom is 0.294 e. The Hall–Kier alpha value is -2.97. The van der Waals surface area contributed by atoms with Crippen LogP contribution in [0.25, 0.3) is 6.08 Å². The fourth-order valence-corrected chi connectivity index (χ4v) is 3.64. The number of halogens is 1. The number of ether oxygens (including phenoxy) is 2. The van der Waals surface area contributed by atoms with Gasteiger partial charge < -0.3 is 15.2 Å². The van der Waals surface area contributed by atoms with Gasteiger partial charge in [0.25, 0.3) is 11.1 Å². The summed E-state index contributed by atoms with van der Waals surface area (Å²) in [6, 6.07) is 12.4. The molecule has 1 heterocycles. The highest BCUT2D eigenvalue weighted by molar-refractivity contribution is 8.18. The van der Waals surface area contributed by atoms with Crippen LogP contribution in [0.15, 0.2) is 47.4 Å². The quantitative estimate of drug-likeness (QED) is 0.673. The lowest BCUT2D eigenvalue weighted by atomic mass is 10.1. The number of amides is 3. The van der Waals surface area contributed by atoms with Crippen molar-refractivity contribution in [2.75, 3.05) is 13.7 Å². The molecular formula is C20H17ClN2O5S. The highest BCUT2D eigenvalue weighted by Gasteiger charge is 2.35. The third-order valence-electron chi connectivity index (χ3n) is 4.01. The second-order valence-electron chi connectivity index (χ2n) is 6.02. The zero-order chi connectivity index (χ0) is 21.0. The van der Waals surface area contributed by atoms with Crippen LogP contribution in [0.4, 0.5) is 4.79 Å². The van der Waals surface area contributed by atoms with E-state index in [0.29, 0.717) is 22.1 Å². The van der Waals surface area contributed by atoms with Crippen LogP contribution in [0.3, 0.4) is 0 Å². The van der Waals surface area contributed by atoms with Gasteiger partial charge in [-0.15, -0.1) is 0 Å². The van der Waals surface area contributed by atoms with Gasteiger partial charge in [-0.2, -0.15) is 0 Å². The first-order chi connectivity index (χ1) is 13.9. The molecule has 0 aromatic heterocycles. The van der Waals surface area contributed by atoms with Crippen molar-refractivity contribution in [3.8, 4) is 11.5 Å². The second kappa shape index (κ2) is 9.02. The molecule has 7 nitrogen and oxygen atoms in total. The molecule has 3 amide bonds. The predicted octanol–water partition coefficient (Wildman–Crippen LogP) is 3.45. The SMILES string of the molecule is COc1ccc(/C=C2\SC(=O)N(CC(N)=O)C2=O)cc1OCc1ccccc1Cl. The first-order valence-corrected chi connectivity index (χ1v) is 9.66. The molecule has 1 aliphatic rings. The van der Waals surface area contributed by atoms with Gasteiger partial charge in [-0.1, -0.05) is 35.9 Å². The van der Waals surface area contributed by atoms with Crippen molar-refractivity contribution in [1.29, 1.82) is 0 Å². The second-order valence-corrected chi connectivity index (χ2v) is 7.42. The zero-order valence-electron chi connectivity index (χ0n) is 15.4. The van der Waals surface area contributed by atoms with Gasteiger partial charge in [0, 0.05) is 10.6 Å². The van der Waals surface area contributed by atoms with Gasteiger partial charge in [0.15, 0.2) is 11.5 Å². The Bertz CT molecular complexity index is 1010. The van der Waals surface area contributed by atoms with E-state index < -0.39 is 23.6 Å². The third-order valence-corrected chi connectivity index (χ3v) is 5.29. The number of rotatable bonds is 7. The van der Waals surface area contributed by atoms with E-state index in [9.17, 15) is 14.4 Å². The molecule has 2 N–H and O–H groups in total. The normalized spacial score (nSPS) is 15.1. The Morgan fingerprint density at radius 3 is 2.66 bits per heavy atom. The van der Waals surface area contributed by atoms with E-state index in [-0.39, 0.29) is 11.5 Å². The number of nitrogens with two attached hydrogens (primary N) is 1. The molecule has 9 heteroatoms. The zero-order valence-corrected chi connectivity index (χ0v) is 17.0. The number of primary amides is 1. The molecule has 0 radical (unpaired) electrons. The number of carbonyl (C=O) groups is 3. The van der Waals surface area contributed by atoms with Gasteiger partial charge in [-0.25, -0.2) is 0 Å². The molecule has 1 aliphatic heterocycles. The molecule has 0 unspecified atom stereocenters. The lowest BCUT2D eigenvalue weighted by Gasteiger charge is -2.12. The Balaban J connectivity index is 1.82. The van der Waals surface area contributed by atoms with Gasteiger partial charge in [0.05, 0.1) is 12.0 Å². The Morgan fingerprint density at radius 2 is 1.97 bits per heavy atom. The summed E-state index contributed by atoms with van der Waals surface area (Å²) in [4.78, 5) is 36.3. The summed E-state index contributed by atoms with van der Waals surface area (Å²) in [5.74, 6) is -0.352. The summed E-state index contributed by atoms with van der Waals surface area (Å²) in [7, 11) is 1.52. The molecule has 1 saturated heterocycles. The summed E-state index contributed by atoms with van der Waals surface area (Å²) < 4.78 is 11.2. The number of hydrogen-bond donors (Lipinski definition) is 1. The summed E-state index contributed by atoms with van der Waals surface area (Å²) >= 11 is 6.91. The van der Waals surface area contributed by atoms with Crippen molar-refractivity contribution < 1.29 is 23.9 Å². The minimum atomic E-state index is -0.756. The molecule has 0 aliphatic carbocycles. The maximum absolute atomic E-state index is 12.3. The molecule has 1 fully saturated rings. The number of imide groups is 1. The first kappa shape index (κ1) is 20.8. The highest BCUT2D eigenvalue weighted by atomic mass is 35.5. The van der Waals surface area contributed by atoms with Gasteiger partial charge in [0.1, 0.15) is 13.2 Å². The first-order valence-electron chi connectivity index (χ1n) is 8.47. The van der Waals surface area contributed by atoms with Crippen LogP contribution in [-0.2, 0) is 16.2 Å². The molecule has 2 aromatic carbocycles. The smallest absolute Gasteiger partial charge is 0.294 e. The van der Waals surface area contributed by atoms with E-state index in [1.807, 2.05) is 18.2 Å².